The van der Waals surface area contributed by atoms with Gasteiger partial charge in [0, 0.05) is 24.1 Å². The minimum absolute atomic E-state index is 0.0406. The van der Waals surface area contributed by atoms with Crippen molar-refractivity contribution in [3.8, 4) is 0 Å². The van der Waals surface area contributed by atoms with Crippen LogP contribution in [0.2, 0.25) is 5.02 Å². The van der Waals surface area contributed by atoms with E-state index < -0.39 is 29.9 Å². The molecule has 10 heteroatoms. The topological polar surface area (TPSA) is 129 Å². The number of halogens is 1. The Hall–Kier alpha value is -2.46. The largest absolute Gasteiger partial charge is 0.478 e. The van der Waals surface area contributed by atoms with Crippen molar-refractivity contribution in [2.75, 3.05) is 0 Å². The molecule has 0 spiro atoms. The van der Waals surface area contributed by atoms with Crippen molar-refractivity contribution in [2.45, 2.75) is 64.8 Å². The van der Waals surface area contributed by atoms with E-state index in [1.807, 2.05) is 32.0 Å². The molecule has 2 amide bonds. The van der Waals surface area contributed by atoms with Crippen LogP contribution < -0.4 is 21.7 Å². The molecule has 32 heavy (non-hydrogen) atoms. The Labute approximate surface area is 192 Å². The minimum atomic E-state index is -1.12. The smallest absolute Gasteiger partial charge is 0.331 e. The van der Waals surface area contributed by atoms with Crippen LogP contribution in [0.3, 0.4) is 0 Å². The van der Waals surface area contributed by atoms with Gasteiger partial charge in [-0.1, -0.05) is 43.6 Å². The molecule has 0 aromatic heterocycles. The minimum Gasteiger partial charge on any atom is -0.478 e. The fourth-order valence-corrected chi connectivity index (χ4v) is 3.80. The standard InChI is InChI=1S/C22H31ClN4O5/c1-4-16(5-2)32-19-11-15(22(30)31)10-17(20(19)25-13(3)28)21(29)26-27-24-12-14-8-6-7-9-18(14)23/h6-9,11,16-17,19-20,24,27H,4-5,10,12H2,1-3H3,(H,25,28)(H,26,29)(H,30,31)/t17-,19+,20+/m0/s1. The number of carboxylic acid groups (broad SMARTS) is 1. The van der Waals surface area contributed by atoms with Gasteiger partial charge in [0.25, 0.3) is 0 Å². The summed E-state index contributed by atoms with van der Waals surface area (Å²) in [4.78, 5) is 36.5. The SMILES string of the molecule is CCC(CC)O[C@@H]1C=C(C(=O)O)C[C@H](C(=O)NNNCc2ccccc2Cl)[C@H]1NC(C)=O. The normalized spacial score (nSPS) is 20.5. The summed E-state index contributed by atoms with van der Waals surface area (Å²) in [7, 11) is 0. The second kappa shape index (κ2) is 12.5. The van der Waals surface area contributed by atoms with Crippen LogP contribution in [-0.2, 0) is 25.7 Å². The van der Waals surface area contributed by atoms with Crippen LogP contribution in [0.15, 0.2) is 35.9 Å². The number of hydrazine groups is 2. The molecule has 5 N–H and O–H groups in total. The highest BCUT2D eigenvalue weighted by atomic mass is 35.5. The molecule has 2 rings (SSSR count). The molecule has 0 saturated carbocycles. The van der Waals surface area contributed by atoms with Gasteiger partial charge in [0.2, 0.25) is 11.8 Å². The highest BCUT2D eigenvalue weighted by Gasteiger charge is 2.41. The number of nitrogens with one attached hydrogen (secondary N) is 4. The van der Waals surface area contributed by atoms with Gasteiger partial charge >= 0.3 is 5.97 Å². The summed E-state index contributed by atoms with van der Waals surface area (Å²) in [6.07, 6.45) is 2.03. The molecule has 0 saturated heterocycles. The average molecular weight is 467 g/mol. The fraction of sp³-hybridized carbons (Fsp3) is 0.500. The fourth-order valence-electron chi connectivity index (χ4n) is 3.60. The number of hydrogen-bond donors (Lipinski definition) is 5. The van der Waals surface area contributed by atoms with Crippen molar-refractivity contribution in [1.82, 2.24) is 21.7 Å². The van der Waals surface area contributed by atoms with E-state index in [1.165, 1.54) is 13.0 Å². The van der Waals surface area contributed by atoms with Gasteiger partial charge in [0.15, 0.2) is 0 Å². The number of carbonyl (C=O) groups excluding carboxylic acids is 2. The Bertz CT molecular complexity index is 843. The molecule has 1 aromatic rings. The number of aliphatic carboxylic acids is 1. The van der Waals surface area contributed by atoms with Gasteiger partial charge in [0.05, 0.1) is 24.2 Å². The lowest BCUT2D eigenvalue weighted by Crippen LogP contribution is -2.58. The Morgan fingerprint density at radius 1 is 1.22 bits per heavy atom. The Kier molecular flexibility index (Phi) is 10.1. The lowest BCUT2D eigenvalue weighted by atomic mass is 9.81. The van der Waals surface area contributed by atoms with E-state index in [-0.39, 0.29) is 24.0 Å². The van der Waals surface area contributed by atoms with E-state index in [0.29, 0.717) is 11.6 Å². The number of rotatable bonds is 11. The summed E-state index contributed by atoms with van der Waals surface area (Å²) < 4.78 is 6.08. The van der Waals surface area contributed by atoms with Gasteiger partial charge in [-0.2, -0.15) is 5.53 Å². The first-order chi connectivity index (χ1) is 15.3. The predicted octanol–water partition coefficient (Wildman–Crippen LogP) is 2.07. The van der Waals surface area contributed by atoms with Crippen LogP contribution in [-0.4, -0.2) is 41.1 Å². The Morgan fingerprint density at radius 2 is 1.91 bits per heavy atom. The van der Waals surface area contributed by atoms with E-state index in [0.717, 1.165) is 18.4 Å². The summed E-state index contributed by atoms with van der Waals surface area (Å²) in [5.74, 6) is -2.76. The molecule has 9 nitrogen and oxygen atoms in total. The first-order valence-electron chi connectivity index (χ1n) is 10.6. The summed E-state index contributed by atoms with van der Waals surface area (Å²) in [6.45, 7) is 5.62. The van der Waals surface area contributed by atoms with E-state index >= 15 is 0 Å². The van der Waals surface area contributed by atoms with Gasteiger partial charge in [-0.25, -0.2) is 10.2 Å². The van der Waals surface area contributed by atoms with E-state index in [1.54, 1.807) is 6.07 Å². The highest BCUT2D eigenvalue weighted by molar-refractivity contribution is 6.31. The van der Waals surface area contributed by atoms with Gasteiger partial charge in [0.1, 0.15) is 0 Å². The van der Waals surface area contributed by atoms with Gasteiger partial charge in [-0.05, 0) is 37.0 Å². The lowest BCUT2D eigenvalue weighted by Gasteiger charge is -2.37. The highest BCUT2D eigenvalue weighted by Crippen LogP contribution is 2.29. The summed E-state index contributed by atoms with van der Waals surface area (Å²) >= 11 is 6.11. The molecule has 0 unspecified atom stereocenters. The maximum Gasteiger partial charge on any atom is 0.331 e. The average Bonchev–Trinajstić information content (AvgIpc) is 2.76. The molecule has 0 bridgehead atoms. The maximum absolute atomic E-state index is 12.9. The van der Waals surface area contributed by atoms with Crippen LogP contribution in [0, 0.1) is 5.92 Å². The van der Waals surface area contributed by atoms with Crippen LogP contribution in [0.25, 0.3) is 0 Å². The third kappa shape index (κ3) is 7.30. The van der Waals surface area contributed by atoms with Gasteiger partial charge in [-0.3, -0.25) is 15.0 Å². The van der Waals surface area contributed by atoms with Crippen molar-refractivity contribution in [3.05, 3.63) is 46.5 Å². The van der Waals surface area contributed by atoms with Crippen molar-refractivity contribution in [1.29, 1.82) is 0 Å². The quantitative estimate of drug-likeness (QED) is 0.249. The van der Waals surface area contributed by atoms with Crippen molar-refractivity contribution in [2.24, 2.45) is 5.92 Å². The first-order valence-corrected chi connectivity index (χ1v) is 11.0. The molecule has 1 aliphatic carbocycles. The number of ether oxygens (including phenoxy) is 1. The van der Waals surface area contributed by atoms with E-state index in [9.17, 15) is 19.5 Å². The monoisotopic (exact) mass is 466 g/mol. The number of amides is 2. The van der Waals surface area contributed by atoms with E-state index in [2.05, 4.69) is 21.7 Å². The second-order valence-corrected chi connectivity index (χ2v) is 8.04. The zero-order valence-electron chi connectivity index (χ0n) is 18.5. The van der Waals surface area contributed by atoms with E-state index in [4.69, 9.17) is 16.3 Å². The Morgan fingerprint density at radius 3 is 2.50 bits per heavy atom. The number of hydrogen-bond acceptors (Lipinski definition) is 6. The summed E-state index contributed by atoms with van der Waals surface area (Å²) in [6, 6.07) is 6.57. The lowest BCUT2D eigenvalue weighted by molar-refractivity contribution is -0.135. The molecule has 3 atom stereocenters. The summed E-state index contributed by atoms with van der Waals surface area (Å²) in [5, 5.41) is 12.9. The van der Waals surface area contributed by atoms with Gasteiger partial charge in [-0.15, -0.1) is 0 Å². The van der Waals surface area contributed by atoms with Crippen LogP contribution in [0.5, 0.6) is 0 Å². The molecule has 1 aliphatic rings. The van der Waals surface area contributed by atoms with Crippen molar-refractivity contribution < 1.29 is 24.2 Å². The van der Waals surface area contributed by atoms with Crippen molar-refractivity contribution in [3.63, 3.8) is 0 Å². The third-order valence-electron chi connectivity index (χ3n) is 5.35. The number of benzene rings is 1. The Balaban J connectivity index is 2.11. The zero-order chi connectivity index (χ0) is 23.7. The maximum atomic E-state index is 12.9. The predicted molar refractivity (Wildman–Crippen MR) is 120 cm³/mol. The molecule has 176 valence electrons. The molecule has 0 aliphatic heterocycles. The van der Waals surface area contributed by atoms with Crippen molar-refractivity contribution >= 4 is 29.4 Å². The molecular formula is C22H31ClN4O5. The molecule has 0 heterocycles. The van der Waals surface area contributed by atoms with Crippen LogP contribution in [0.1, 0.15) is 45.6 Å². The molecule has 0 fully saturated rings. The second-order valence-electron chi connectivity index (χ2n) is 7.63. The molecular weight excluding hydrogens is 436 g/mol. The van der Waals surface area contributed by atoms with Crippen LogP contribution >= 0.6 is 11.6 Å². The molecule has 0 radical (unpaired) electrons. The first kappa shape index (κ1) is 25.8. The molecule has 1 aromatic carbocycles. The van der Waals surface area contributed by atoms with Gasteiger partial charge < -0.3 is 15.2 Å². The van der Waals surface area contributed by atoms with Crippen LogP contribution in [0.4, 0.5) is 0 Å². The zero-order valence-corrected chi connectivity index (χ0v) is 19.2. The third-order valence-corrected chi connectivity index (χ3v) is 5.71. The number of carbonyl (C=O) groups is 3. The number of carboxylic acids is 1. The summed E-state index contributed by atoms with van der Waals surface area (Å²) in [5.41, 5.74) is 8.92.